The molecule has 5 nitrogen and oxygen atoms in total. The summed E-state index contributed by atoms with van der Waals surface area (Å²) in [5, 5.41) is 6.90. The zero-order chi connectivity index (χ0) is 17.1. The molecule has 0 aromatic carbocycles. The van der Waals surface area contributed by atoms with Gasteiger partial charge < -0.3 is 4.57 Å². The molecule has 0 bridgehead atoms. The van der Waals surface area contributed by atoms with Gasteiger partial charge in [0, 0.05) is 31.0 Å². The highest BCUT2D eigenvalue weighted by Crippen LogP contribution is 2.22. The van der Waals surface area contributed by atoms with E-state index in [1.807, 2.05) is 16.8 Å². The van der Waals surface area contributed by atoms with Crippen LogP contribution < -0.4 is 0 Å². The van der Waals surface area contributed by atoms with Crippen molar-refractivity contribution in [2.45, 2.75) is 26.7 Å². The molecule has 0 amide bonds. The van der Waals surface area contributed by atoms with Crippen LogP contribution in [0.2, 0.25) is 0 Å². The Balaban J connectivity index is 1.83. The summed E-state index contributed by atoms with van der Waals surface area (Å²) in [6, 6.07) is 6.06. The summed E-state index contributed by atoms with van der Waals surface area (Å²) in [4.78, 5) is 6.27. The van der Waals surface area contributed by atoms with E-state index in [-0.39, 0.29) is 0 Å². The second kappa shape index (κ2) is 7.69. The van der Waals surface area contributed by atoms with E-state index in [4.69, 9.17) is 17.3 Å². The average Bonchev–Trinajstić information content (AvgIpc) is 3.12. The highest BCUT2D eigenvalue weighted by Gasteiger charge is 2.13. The molecule has 126 valence electrons. The summed E-state index contributed by atoms with van der Waals surface area (Å²) in [6.45, 7) is 4.38. The molecule has 3 rings (SSSR count). The zero-order valence-electron chi connectivity index (χ0n) is 13.5. The molecule has 3 aromatic heterocycles. The molecule has 0 saturated carbocycles. The van der Waals surface area contributed by atoms with E-state index in [1.54, 1.807) is 23.7 Å². The lowest BCUT2D eigenvalue weighted by Crippen LogP contribution is -2.22. The molecular weight excluding hydrogens is 406 g/mol. The second-order valence-electron chi connectivity index (χ2n) is 5.50. The van der Waals surface area contributed by atoms with Crippen LogP contribution in [0.4, 0.5) is 0 Å². The molecule has 3 heterocycles. The molecule has 0 aliphatic rings. The summed E-state index contributed by atoms with van der Waals surface area (Å²) in [5.74, 6) is 0.886. The van der Waals surface area contributed by atoms with Crippen molar-refractivity contribution in [2.24, 2.45) is 0 Å². The first-order chi connectivity index (χ1) is 11.6. The first-order valence-electron chi connectivity index (χ1n) is 7.58. The summed E-state index contributed by atoms with van der Waals surface area (Å²) < 4.78 is 5.83. The fourth-order valence-electron chi connectivity index (χ4n) is 2.55. The minimum Gasteiger partial charge on any atom is -0.300 e. The van der Waals surface area contributed by atoms with Gasteiger partial charge in [-0.1, -0.05) is 0 Å². The summed E-state index contributed by atoms with van der Waals surface area (Å²) in [5.41, 5.74) is 2.31. The largest absolute Gasteiger partial charge is 0.300 e. The van der Waals surface area contributed by atoms with E-state index in [0.717, 1.165) is 33.0 Å². The molecule has 0 spiro atoms. The van der Waals surface area contributed by atoms with Crippen LogP contribution in [0.5, 0.6) is 0 Å². The summed E-state index contributed by atoms with van der Waals surface area (Å²) >= 11 is 10.8. The van der Waals surface area contributed by atoms with Crippen LogP contribution in [0.25, 0.3) is 11.4 Å². The molecule has 0 N–H and O–H groups in total. The number of thiophene rings is 1. The second-order valence-corrected chi connectivity index (χ2v) is 8.16. The Bertz CT molecular complexity index is 868. The van der Waals surface area contributed by atoms with Crippen molar-refractivity contribution in [3.63, 3.8) is 0 Å². The molecule has 0 saturated heterocycles. The number of hydrogen-bond acceptors (Lipinski definition) is 5. The Morgan fingerprint density at radius 1 is 1.33 bits per heavy atom. The van der Waals surface area contributed by atoms with E-state index in [1.165, 1.54) is 5.56 Å². The van der Waals surface area contributed by atoms with Crippen LogP contribution in [0.15, 0.2) is 39.8 Å². The van der Waals surface area contributed by atoms with Gasteiger partial charge in [-0.3, -0.25) is 9.88 Å². The predicted octanol–water partition coefficient (Wildman–Crippen LogP) is 4.41. The third-order valence-corrected chi connectivity index (χ3v) is 5.61. The lowest BCUT2D eigenvalue weighted by atomic mass is 10.2. The van der Waals surface area contributed by atoms with Gasteiger partial charge in [-0.2, -0.15) is 5.10 Å². The Morgan fingerprint density at radius 2 is 2.08 bits per heavy atom. The molecule has 0 unspecified atom stereocenters. The number of aromatic nitrogens is 4. The maximum Gasteiger partial charge on any atom is 0.199 e. The number of nitrogens with zero attached hydrogens (tertiary/aromatic N) is 5. The average molecular weight is 424 g/mol. The Morgan fingerprint density at radius 3 is 2.71 bits per heavy atom. The van der Waals surface area contributed by atoms with Crippen molar-refractivity contribution in [3.05, 3.63) is 50.1 Å². The van der Waals surface area contributed by atoms with Crippen LogP contribution in [0, 0.1) is 4.77 Å². The minimum absolute atomic E-state index is 0.650. The van der Waals surface area contributed by atoms with E-state index < -0.39 is 0 Å². The van der Waals surface area contributed by atoms with E-state index >= 15 is 0 Å². The van der Waals surface area contributed by atoms with Gasteiger partial charge in [-0.05, 0) is 71.3 Å². The topological polar surface area (TPSA) is 38.9 Å². The fourth-order valence-corrected chi connectivity index (χ4v) is 4.07. The third kappa shape index (κ3) is 3.83. The number of hydrogen-bond donors (Lipinski definition) is 0. The fraction of sp³-hybridized carbons (Fsp3) is 0.312. The predicted molar refractivity (Wildman–Crippen MR) is 103 cm³/mol. The maximum absolute atomic E-state index is 5.61. The van der Waals surface area contributed by atoms with Crippen LogP contribution in [0.3, 0.4) is 0 Å². The highest BCUT2D eigenvalue weighted by molar-refractivity contribution is 9.11. The van der Waals surface area contributed by atoms with Crippen LogP contribution >= 0.6 is 39.5 Å². The SMILES string of the molecule is CCn1c(-c2ccncc2)nn(CN(C)Cc2csc(Br)c2)c1=S. The first-order valence-corrected chi connectivity index (χ1v) is 9.66. The number of pyridine rings is 1. The van der Waals surface area contributed by atoms with Crippen LogP contribution in [0.1, 0.15) is 12.5 Å². The van der Waals surface area contributed by atoms with E-state index in [2.05, 4.69) is 55.8 Å². The summed E-state index contributed by atoms with van der Waals surface area (Å²) in [6.07, 6.45) is 3.55. The molecular formula is C16H18BrN5S2. The Labute approximate surface area is 158 Å². The van der Waals surface area contributed by atoms with Gasteiger partial charge in [0.1, 0.15) is 0 Å². The quantitative estimate of drug-likeness (QED) is 0.550. The van der Waals surface area contributed by atoms with Crippen molar-refractivity contribution in [3.8, 4) is 11.4 Å². The van der Waals surface area contributed by atoms with Crippen LogP contribution in [-0.2, 0) is 19.8 Å². The Kier molecular flexibility index (Phi) is 5.60. The lowest BCUT2D eigenvalue weighted by Gasteiger charge is -2.15. The van der Waals surface area contributed by atoms with Gasteiger partial charge in [0.25, 0.3) is 0 Å². The molecule has 0 atom stereocenters. The molecule has 0 fully saturated rings. The molecule has 8 heteroatoms. The van der Waals surface area contributed by atoms with E-state index in [9.17, 15) is 0 Å². The maximum atomic E-state index is 5.61. The highest BCUT2D eigenvalue weighted by atomic mass is 79.9. The Hall–Kier alpha value is -1.35. The van der Waals surface area contributed by atoms with Gasteiger partial charge in [0.05, 0.1) is 10.5 Å². The first kappa shape index (κ1) is 17.5. The third-order valence-electron chi connectivity index (χ3n) is 3.63. The van der Waals surface area contributed by atoms with Gasteiger partial charge >= 0.3 is 0 Å². The normalized spacial score (nSPS) is 11.3. The molecule has 24 heavy (non-hydrogen) atoms. The minimum atomic E-state index is 0.650. The molecule has 0 radical (unpaired) electrons. The standard InChI is InChI=1S/C16H18BrN5S2/c1-3-21-15(13-4-6-18-7-5-13)19-22(16(21)23)11-20(2)9-12-8-14(17)24-10-12/h4-8,10H,3,9,11H2,1-2H3. The van der Waals surface area contributed by atoms with Crippen molar-refractivity contribution in [1.29, 1.82) is 0 Å². The monoisotopic (exact) mass is 423 g/mol. The zero-order valence-corrected chi connectivity index (χ0v) is 16.7. The van der Waals surface area contributed by atoms with Gasteiger partial charge in [0.2, 0.25) is 0 Å². The lowest BCUT2D eigenvalue weighted by molar-refractivity contribution is 0.244. The number of rotatable bonds is 6. The van der Waals surface area contributed by atoms with E-state index in [0.29, 0.717) is 6.67 Å². The smallest absolute Gasteiger partial charge is 0.199 e. The van der Waals surface area contributed by atoms with Crippen molar-refractivity contribution in [2.75, 3.05) is 7.05 Å². The van der Waals surface area contributed by atoms with Crippen molar-refractivity contribution in [1.82, 2.24) is 24.2 Å². The van der Waals surface area contributed by atoms with Gasteiger partial charge in [0.15, 0.2) is 10.6 Å². The summed E-state index contributed by atoms with van der Waals surface area (Å²) in [7, 11) is 2.07. The van der Waals surface area contributed by atoms with Gasteiger partial charge in [-0.15, -0.1) is 11.3 Å². The molecule has 3 aromatic rings. The number of halogens is 1. The van der Waals surface area contributed by atoms with Crippen LogP contribution in [-0.4, -0.2) is 31.3 Å². The molecule has 0 aliphatic carbocycles. The van der Waals surface area contributed by atoms with Crippen molar-refractivity contribution >= 4 is 39.5 Å². The van der Waals surface area contributed by atoms with Gasteiger partial charge in [-0.25, -0.2) is 4.68 Å². The van der Waals surface area contributed by atoms with Crippen molar-refractivity contribution < 1.29 is 0 Å². The molecule has 0 aliphatic heterocycles.